The van der Waals surface area contributed by atoms with Gasteiger partial charge < -0.3 is 15.4 Å². The third-order valence-electron chi connectivity index (χ3n) is 2.55. The van der Waals surface area contributed by atoms with Gasteiger partial charge in [0.25, 0.3) is 0 Å². The molecule has 5 nitrogen and oxygen atoms in total. The molecular formula is C14H19ClN2O3. The van der Waals surface area contributed by atoms with Crippen LogP contribution in [0.15, 0.2) is 24.3 Å². The number of amides is 2. The number of nitrogens with one attached hydrogen (secondary N) is 2. The highest BCUT2D eigenvalue weighted by Crippen LogP contribution is 2.09. The Morgan fingerprint density at radius 2 is 1.85 bits per heavy atom. The van der Waals surface area contributed by atoms with E-state index in [0.29, 0.717) is 18.2 Å². The van der Waals surface area contributed by atoms with Crippen LogP contribution in [0.2, 0.25) is 5.02 Å². The van der Waals surface area contributed by atoms with Gasteiger partial charge in [-0.15, -0.1) is 0 Å². The second kappa shape index (κ2) is 9.20. The van der Waals surface area contributed by atoms with E-state index in [-0.39, 0.29) is 18.9 Å². The van der Waals surface area contributed by atoms with Crippen molar-refractivity contribution in [3.8, 4) is 0 Å². The fourth-order valence-corrected chi connectivity index (χ4v) is 1.67. The van der Waals surface area contributed by atoms with E-state index in [1.165, 1.54) is 0 Å². The van der Waals surface area contributed by atoms with Gasteiger partial charge in [0.1, 0.15) is 0 Å². The SMILES string of the molecule is CCOC(=O)NCCC(=O)NCCc1ccc(Cl)cc1. The Morgan fingerprint density at radius 3 is 2.50 bits per heavy atom. The largest absolute Gasteiger partial charge is 0.450 e. The summed E-state index contributed by atoms with van der Waals surface area (Å²) in [5.41, 5.74) is 1.11. The lowest BCUT2D eigenvalue weighted by molar-refractivity contribution is -0.120. The number of carbonyl (C=O) groups is 2. The van der Waals surface area contributed by atoms with Crippen LogP contribution in [0, 0.1) is 0 Å². The molecule has 0 unspecified atom stereocenters. The minimum atomic E-state index is -0.499. The first-order valence-electron chi connectivity index (χ1n) is 6.53. The average Bonchev–Trinajstić information content (AvgIpc) is 2.41. The van der Waals surface area contributed by atoms with E-state index in [9.17, 15) is 9.59 Å². The molecule has 0 aromatic heterocycles. The van der Waals surface area contributed by atoms with Gasteiger partial charge in [0.05, 0.1) is 6.61 Å². The van der Waals surface area contributed by atoms with Crippen LogP contribution in [0.3, 0.4) is 0 Å². The number of rotatable bonds is 7. The van der Waals surface area contributed by atoms with Gasteiger partial charge in [-0.3, -0.25) is 4.79 Å². The quantitative estimate of drug-likeness (QED) is 0.810. The summed E-state index contributed by atoms with van der Waals surface area (Å²) in [5, 5.41) is 5.98. The Hall–Kier alpha value is -1.75. The van der Waals surface area contributed by atoms with Crippen molar-refractivity contribution in [3.63, 3.8) is 0 Å². The Kier molecular flexibility index (Phi) is 7.50. The van der Waals surface area contributed by atoms with Crippen molar-refractivity contribution in [1.82, 2.24) is 10.6 Å². The van der Waals surface area contributed by atoms with Crippen LogP contribution in [0.1, 0.15) is 18.9 Å². The predicted octanol–water partition coefficient (Wildman–Crippen LogP) is 2.13. The van der Waals surface area contributed by atoms with Crippen LogP contribution in [0.5, 0.6) is 0 Å². The summed E-state index contributed by atoms with van der Waals surface area (Å²) in [7, 11) is 0. The van der Waals surface area contributed by atoms with Crippen molar-refractivity contribution in [1.29, 1.82) is 0 Å². The van der Waals surface area contributed by atoms with Crippen molar-refractivity contribution in [3.05, 3.63) is 34.9 Å². The summed E-state index contributed by atoms with van der Waals surface area (Å²) in [5.74, 6) is -0.101. The fourth-order valence-electron chi connectivity index (χ4n) is 1.55. The zero-order chi connectivity index (χ0) is 14.8. The highest BCUT2D eigenvalue weighted by molar-refractivity contribution is 6.30. The Bertz CT molecular complexity index is 435. The normalized spacial score (nSPS) is 9.90. The number of hydrogen-bond acceptors (Lipinski definition) is 3. The molecule has 0 saturated carbocycles. The molecule has 0 atom stereocenters. The van der Waals surface area contributed by atoms with Crippen LogP contribution >= 0.6 is 11.6 Å². The van der Waals surface area contributed by atoms with Gasteiger partial charge in [-0.05, 0) is 31.0 Å². The second-order valence-electron chi connectivity index (χ2n) is 4.12. The monoisotopic (exact) mass is 298 g/mol. The summed E-state index contributed by atoms with van der Waals surface area (Å²) in [6.45, 7) is 2.87. The molecular weight excluding hydrogens is 280 g/mol. The molecule has 0 aliphatic rings. The molecule has 6 heteroatoms. The molecule has 1 aromatic rings. The molecule has 0 aliphatic heterocycles. The van der Waals surface area contributed by atoms with Crippen molar-refractivity contribution in [2.75, 3.05) is 19.7 Å². The summed E-state index contributed by atoms with van der Waals surface area (Å²) < 4.78 is 4.68. The smallest absolute Gasteiger partial charge is 0.407 e. The highest BCUT2D eigenvalue weighted by Gasteiger charge is 2.03. The van der Waals surface area contributed by atoms with Gasteiger partial charge in [0, 0.05) is 24.5 Å². The number of benzene rings is 1. The first-order chi connectivity index (χ1) is 9.61. The topological polar surface area (TPSA) is 67.4 Å². The van der Waals surface area contributed by atoms with Crippen molar-refractivity contribution in [2.45, 2.75) is 19.8 Å². The summed E-state index contributed by atoms with van der Waals surface area (Å²) in [6, 6.07) is 7.50. The van der Waals surface area contributed by atoms with Crippen molar-refractivity contribution >= 4 is 23.6 Å². The average molecular weight is 299 g/mol. The van der Waals surface area contributed by atoms with Gasteiger partial charge in [0.2, 0.25) is 5.91 Å². The molecule has 0 bridgehead atoms. The lowest BCUT2D eigenvalue weighted by Crippen LogP contribution is -2.31. The molecule has 0 radical (unpaired) electrons. The van der Waals surface area contributed by atoms with E-state index in [4.69, 9.17) is 11.6 Å². The van der Waals surface area contributed by atoms with E-state index in [0.717, 1.165) is 12.0 Å². The predicted molar refractivity (Wildman–Crippen MR) is 77.8 cm³/mol. The van der Waals surface area contributed by atoms with Crippen molar-refractivity contribution < 1.29 is 14.3 Å². The molecule has 0 spiro atoms. The fraction of sp³-hybridized carbons (Fsp3) is 0.429. The minimum absolute atomic E-state index is 0.101. The van der Waals surface area contributed by atoms with E-state index in [1.807, 2.05) is 24.3 Å². The third kappa shape index (κ3) is 6.99. The van der Waals surface area contributed by atoms with Crippen LogP contribution < -0.4 is 10.6 Å². The number of carbonyl (C=O) groups excluding carboxylic acids is 2. The maximum absolute atomic E-state index is 11.5. The minimum Gasteiger partial charge on any atom is -0.450 e. The lowest BCUT2D eigenvalue weighted by Gasteiger charge is -2.07. The third-order valence-corrected chi connectivity index (χ3v) is 2.80. The second-order valence-corrected chi connectivity index (χ2v) is 4.56. The molecule has 2 N–H and O–H groups in total. The number of hydrogen-bond donors (Lipinski definition) is 2. The lowest BCUT2D eigenvalue weighted by atomic mass is 10.1. The van der Waals surface area contributed by atoms with Gasteiger partial charge in [-0.25, -0.2) is 4.79 Å². The number of alkyl carbamates (subject to hydrolysis) is 1. The van der Waals surface area contributed by atoms with Crippen molar-refractivity contribution in [2.24, 2.45) is 0 Å². The Morgan fingerprint density at radius 1 is 1.15 bits per heavy atom. The first-order valence-corrected chi connectivity index (χ1v) is 6.91. The highest BCUT2D eigenvalue weighted by atomic mass is 35.5. The van der Waals surface area contributed by atoms with E-state index < -0.39 is 6.09 Å². The molecule has 1 aromatic carbocycles. The molecule has 1 rings (SSSR count). The zero-order valence-corrected chi connectivity index (χ0v) is 12.2. The van der Waals surface area contributed by atoms with Gasteiger partial charge in [0.15, 0.2) is 0 Å². The molecule has 2 amide bonds. The summed E-state index contributed by atoms with van der Waals surface area (Å²) >= 11 is 5.79. The molecule has 110 valence electrons. The molecule has 0 fully saturated rings. The van der Waals surface area contributed by atoms with E-state index in [2.05, 4.69) is 15.4 Å². The van der Waals surface area contributed by atoms with E-state index in [1.54, 1.807) is 6.92 Å². The maximum atomic E-state index is 11.5. The summed E-state index contributed by atoms with van der Waals surface area (Å²) in [6.07, 6.45) is 0.481. The van der Waals surface area contributed by atoms with Crippen LogP contribution in [0.25, 0.3) is 0 Å². The van der Waals surface area contributed by atoms with Crippen LogP contribution in [-0.2, 0) is 16.0 Å². The van der Waals surface area contributed by atoms with Crippen LogP contribution in [-0.4, -0.2) is 31.7 Å². The molecule has 0 heterocycles. The first kappa shape index (κ1) is 16.3. The standard InChI is InChI=1S/C14H19ClN2O3/c1-2-20-14(19)17-10-8-13(18)16-9-7-11-3-5-12(15)6-4-11/h3-6H,2,7-10H2,1H3,(H,16,18)(H,17,19). The maximum Gasteiger partial charge on any atom is 0.407 e. The molecule has 20 heavy (non-hydrogen) atoms. The van der Waals surface area contributed by atoms with E-state index >= 15 is 0 Å². The summed E-state index contributed by atoms with van der Waals surface area (Å²) in [4.78, 5) is 22.5. The van der Waals surface area contributed by atoms with Crippen LogP contribution in [0.4, 0.5) is 4.79 Å². The number of halogens is 1. The molecule has 0 saturated heterocycles. The number of ether oxygens (including phenoxy) is 1. The van der Waals surface area contributed by atoms with Gasteiger partial charge in [-0.1, -0.05) is 23.7 Å². The molecule has 0 aliphatic carbocycles. The Balaban J connectivity index is 2.11. The van der Waals surface area contributed by atoms with Gasteiger partial charge >= 0.3 is 6.09 Å². The zero-order valence-electron chi connectivity index (χ0n) is 11.4. The van der Waals surface area contributed by atoms with Gasteiger partial charge in [-0.2, -0.15) is 0 Å². The Labute approximate surface area is 123 Å².